The molecule has 0 saturated carbocycles. The molecule has 1 atom stereocenters. The fourth-order valence-electron chi connectivity index (χ4n) is 2.99. The Hall–Kier alpha value is -1.77. The number of hydrogen-bond donors (Lipinski definition) is 0. The first-order chi connectivity index (χ1) is 9.83. The molecule has 1 aliphatic heterocycles. The number of piperidine rings is 1. The van der Waals surface area contributed by atoms with Crippen molar-refractivity contribution in [1.29, 1.82) is 0 Å². The third kappa shape index (κ3) is 3.03. The summed E-state index contributed by atoms with van der Waals surface area (Å²) in [6, 6.07) is 10.3. The standard InChI is InChI=1S/C17H21NO2/c19-17(20-16-10-4-5-11-16)14-7-6-12-18(13-14)15-8-2-1-3-9-15/h1-3,8-10,14H,4-7,11-13H2. The minimum Gasteiger partial charge on any atom is -0.431 e. The zero-order valence-corrected chi connectivity index (χ0v) is 11.8. The number of benzene rings is 1. The molecule has 0 radical (unpaired) electrons. The van der Waals surface area contributed by atoms with Crippen LogP contribution in [0.25, 0.3) is 0 Å². The summed E-state index contributed by atoms with van der Waals surface area (Å²) in [5.74, 6) is 0.844. The fraction of sp³-hybridized carbons (Fsp3) is 0.471. The van der Waals surface area contributed by atoms with Crippen LogP contribution in [0.5, 0.6) is 0 Å². The van der Waals surface area contributed by atoms with Gasteiger partial charge in [0.2, 0.25) is 0 Å². The number of para-hydroxylation sites is 1. The van der Waals surface area contributed by atoms with E-state index in [0.29, 0.717) is 0 Å². The highest BCUT2D eigenvalue weighted by Crippen LogP contribution is 2.26. The van der Waals surface area contributed by atoms with E-state index in [1.165, 1.54) is 5.69 Å². The summed E-state index contributed by atoms with van der Waals surface area (Å²) < 4.78 is 5.53. The second-order valence-corrected chi connectivity index (χ2v) is 5.60. The number of carbonyl (C=O) groups is 1. The highest BCUT2D eigenvalue weighted by Gasteiger charge is 2.28. The molecule has 2 aliphatic rings. The summed E-state index contributed by atoms with van der Waals surface area (Å²) >= 11 is 0. The van der Waals surface area contributed by atoms with E-state index in [4.69, 9.17) is 4.74 Å². The number of allylic oxidation sites excluding steroid dienone is 2. The van der Waals surface area contributed by atoms with E-state index in [9.17, 15) is 4.79 Å². The molecule has 20 heavy (non-hydrogen) atoms. The third-order valence-corrected chi connectivity index (χ3v) is 4.11. The van der Waals surface area contributed by atoms with E-state index in [1.807, 2.05) is 18.2 Å². The van der Waals surface area contributed by atoms with Gasteiger partial charge in [0.05, 0.1) is 5.92 Å². The van der Waals surface area contributed by atoms with Gasteiger partial charge < -0.3 is 9.64 Å². The van der Waals surface area contributed by atoms with Gasteiger partial charge in [-0.25, -0.2) is 0 Å². The van der Waals surface area contributed by atoms with Gasteiger partial charge in [-0.15, -0.1) is 0 Å². The largest absolute Gasteiger partial charge is 0.431 e. The zero-order chi connectivity index (χ0) is 13.8. The summed E-state index contributed by atoms with van der Waals surface area (Å²) in [5.41, 5.74) is 1.20. The Morgan fingerprint density at radius 2 is 2.05 bits per heavy atom. The van der Waals surface area contributed by atoms with Crippen LogP contribution in [0.2, 0.25) is 0 Å². The molecule has 1 saturated heterocycles. The first-order valence-corrected chi connectivity index (χ1v) is 7.53. The Morgan fingerprint density at radius 1 is 1.20 bits per heavy atom. The number of esters is 1. The molecule has 106 valence electrons. The van der Waals surface area contributed by atoms with Crippen LogP contribution in [0, 0.1) is 5.92 Å². The normalized spacial score (nSPS) is 22.5. The molecular formula is C17H21NO2. The van der Waals surface area contributed by atoms with E-state index >= 15 is 0 Å². The predicted molar refractivity (Wildman–Crippen MR) is 79.4 cm³/mol. The van der Waals surface area contributed by atoms with Crippen LogP contribution in [0.3, 0.4) is 0 Å². The van der Waals surface area contributed by atoms with Crippen LogP contribution in [-0.4, -0.2) is 19.1 Å². The highest BCUT2D eigenvalue weighted by molar-refractivity contribution is 5.74. The molecule has 1 unspecified atom stereocenters. The first-order valence-electron chi connectivity index (χ1n) is 7.53. The minimum atomic E-state index is -0.0428. The highest BCUT2D eigenvalue weighted by atomic mass is 16.5. The van der Waals surface area contributed by atoms with Crippen LogP contribution in [-0.2, 0) is 9.53 Å². The average Bonchev–Trinajstić information content (AvgIpc) is 3.01. The van der Waals surface area contributed by atoms with Crippen molar-refractivity contribution >= 4 is 11.7 Å². The van der Waals surface area contributed by atoms with Gasteiger partial charge in [-0.2, -0.15) is 0 Å². The van der Waals surface area contributed by atoms with Crippen molar-refractivity contribution in [3.63, 3.8) is 0 Å². The van der Waals surface area contributed by atoms with E-state index in [0.717, 1.165) is 51.0 Å². The van der Waals surface area contributed by atoms with Crippen LogP contribution in [0.15, 0.2) is 42.2 Å². The molecule has 0 aromatic heterocycles. The van der Waals surface area contributed by atoms with Gasteiger partial charge in [0.25, 0.3) is 0 Å². The molecule has 3 nitrogen and oxygen atoms in total. The summed E-state index contributed by atoms with van der Waals surface area (Å²) in [6.45, 7) is 1.80. The molecule has 1 aliphatic carbocycles. The second kappa shape index (κ2) is 6.12. The van der Waals surface area contributed by atoms with E-state index in [1.54, 1.807) is 0 Å². The van der Waals surface area contributed by atoms with Crippen molar-refractivity contribution in [3.8, 4) is 0 Å². The monoisotopic (exact) mass is 271 g/mol. The first kappa shape index (κ1) is 13.2. The molecule has 0 amide bonds. The van der Waals surface area contributed by atoms with Crippen molar-refractivity contribution in [3.05, 3.63) is 42.2 Å². The zero-order valence-electron chi connectivity index (χ0n) is 11.8. The summed E-state index contributed by atoms with van der Waals surface area (Å²) in [5, 5.41) is 0. The van der Waals surface area contributed by atoms with Crippen molar-refractivity contribution in [1.82, 2.24) is 0 Å². The molecule has 3 rings (SSSR count). The maximum absolute atomic E-state index is 12.2. The Kier molecular flexibility index (Phi) is 4.05. The number of nitrogens with zero attached hydrogens (tertiary/aromatic N) is 1. The molecule has 1 aromatic carbocycles. The van der Waals surface area contributed by atoms with Crippen molar-refractivity contribution in [2.24, 2.45) is 5.92 Å². The number of rotatable bonds is 3. The number of anilines is 1. The summed E-state index contributed by atoms with van der Waals surface area (Å²) in [6.07, 6.45) is 7.12. The van der Waals surface area contributed by atoms with Gasteiger partial charge in [-0.05, 0) is 43.9 Å². The van der Waals surface area contributed by atoms with Gasteiger partial charge >= 0.3 is 5.97 Å². The quantitative estimate of drug-likeness (QED) is 0.788. The van der Waals surface area contributed by atoms with Crippen LogP contribution in [0.4, 0.5) is 5.69 Å². The lowest BCUT2D eigenvalue weighted by atomic mass is 9.97. The third-order valence-electron chi connectivity index (χ3n) is 4.11. The van der Waals surface area contributed by atoms with E-state index < -0.39 is 0 Å². The van der Waals surface area contributed by atoms with E-state index in [2.05, 4.69) is 23.1 Å². The Labute approximate surface area is 120 Å². The molecule has 0 spiro atoms. The lowest BCUT2D eigenvalue weighted by molar-refractivity contribution is -0.144. The Morgan fingerprint density at radius 3 is 2.80 bits per heavy atom. The molecular weight excluding hydrogens is 250 g/mol. The molecule has 1 heterocycles. The lowest BCUT2D eigenvalue weighted by Crippen LogP contribution is -2.39. The summed E-state index contributed by atoms with van der Waals surface area (Å²) in [7, 11) is 0. The van der Waals surface area contributed by atoms with Gasteiger partial charge in [-0.1, -0.05) is 18.2 Å². The minimum absolute atomic E-state index is 0.00505. The SMILES string of the molecule is O=C(OC1=CCCC1)C1CCCN(c2ccccc2)C1. The number of ether oxygens (including phenoxy) is 1. The van der Waals surface area contributed by atoms with Crippen LogP contribution >= 0.6 is 0 Å². The number of hydrogen-bond acceptors (Lipinski definition) is 3. The van der Waals surface area contributed by atoms with Crippen molar-refractivity contribution in [2.45, 2.75) is 32.1 Å². The molecule has 1 aromatic rings. The Balaban J connectivity index is 1.61. The van der Waals surface area contributed by atoms with Gasteiger partial charge in [0.1, 0.15) is 5.76 Å². The lowest BCUT2D eigenvalue weighted by Gasteiger charge is -2.33. The molecule has 0 N–H and O–H groups in total. The molecule has 0 bridgehead atoms. The molecule has 3 heteroatoms. The van der Waals surface area contributed by atoms with Crippen molar-refractivity contribution < 1.29 is 9.53 Å². The maximum atomic E-state index is 12.2. The van der Waals surface area contributed by atoms with Gasteiger partial charge in [0.15, 0.2) is 0 Å². The fourth-order valence-corrected chi connectivity index (χ4v) is 2.99. The van der Waals surface area contributed by atoms with Crippen molar-refractivity contribution in [2.75, 3.05) is 18.0 Å². The van der Waals surface area contributed by atoms with Gasteiger partial charge in [-0.3, -0.25) is 4.79 Å². The second-order valence-electron chi connectivity index (χ2n) is 5.60. The predicted octanol–water partition coefficient (Wildman–Crippen LogP) is 3.51. The summed E-state index contributed by atoms with van der Waals surface area (Å²) in [4.78, 5) is 14.5. The average molecular weight is 271 g/mol. The topological polar surface area (TPSA) is 29.5 Å². The van der Waals surface area contributed by atoms with Gasteiger partial charge in [0, 0.05) is 25.2 Å². The molecule has 1 fully saturated rings. The smallest absolute Gasteiger partial charge is 0.315 e. The maximum Gasteiger partial charge on any atom is 0.315 e. The Bertz CT molecular complexity index is 495. The van der Waals surface area contributed by atoms with Crippen LogP contribution in [0.1, 0.15) is 32.1 Å². The van der Waals surface area contributed by atoms with Crippen LogP contribution < -0.4 is 4.90 Å². The van der Waals surface area contributed by atoms with E-state index in [-0.39, 0.29) is 11.9 Å². The number of carbonyl (C=O) groups excluding carboxylic acids is 1.